The highest BCUT2D eigenvalue weighted by atomic mass is 16.1. The van der Waals surface area contributed by atoms with Gasteiger partial charge in [-0.1, -0.05) is 20.8 Å². The zero-order chi connectivity index (χ0) is 14.4. The van der Waals surface area contributed by atoms with Gasteiger partial charge in [-0.3, -0.25) is 4.79 Å². The van der Waals surface area contributed by atoms with E-state index in [-0.39, 0.29) is 11.9 Å². The molecular weight excluding hydrogens is 236 g/mol. The van der Waals surface area contributed by atoms with Crippen LogP contribution in [0, 0.1) is 12.8 Å². The Morgan fingerprint density at radius 1 is 1.26 bits per heavy atom. The maximum Gasteiger partial charge on any atom is 0.251 e. The van der Waals surface area contributed by atoms with Crippen LogP contribution in [0.5, 0.6) is 0 Å². The van der Waals surface area contributed by atoms with E-state index in [1.54, 1.807) is 0 Å². The van der Waals surface area contributed by atoms with Crippen molar-refractivity contribution in [3.63, 3.8) is 0 Å². The Morgan fingerprint density at radius 3 is 2.47 bits per heavy atom. The Kier molecular flexibility index (Phi) is 5.87. The van der Waals surface area contributed by atoms with Gasteiger partial charge in [0, 0.05) is 23.8 Å². The molecule has 0 aliphatic rings. The van der Waals surface area contributed by atoms with Crippen LogP contribution in [0.3, 0.4) is 0 Å². The van der Waals surface area contributed by atoms with Crippen molar-refractivity contribution >= 4 is 11.6 Å². The van der Waals surface area contributed by atoms with E-state index in [4.69, 9.17) is 0 Å². The third-order valence-electron chi connectivity index (χ3n) is 3.41. The molecule has 1 aromatic rings. The van der Waals surface area contributed by atoms with E-state index < -0.39 is 0 Å². The van der Waals surface area contributed by atoms with Crippen molar-refractivity contribution < 1.29 is 4.79 Å². The molecule has 106 valence electrons. The second-order valence-electron chi connectivity index (χ2n) is 5.46. The summed E-state index contributed by atoms with van der Waals surface area (Å²) >= 11 is 0. The van der Waals surface area contributed by atoms with Gasteiger partial charge in [0.1, 0.15) is 0 Å². The zero-order valence-electron chi connectivity index (χ0n) is 12.7. The van der Waals surface area contributed by atoms with Gasteiger partial charge in [-0.15, -0.1) is 0 Å². The highest BCUT2D eigenvalue weighted by Crippen LogP contribution is 2.16. The molecule has 3 nitrogen and oxygen atoms in total. The maximum atomic E-state index is 12.2. The summed E-state index contributed by atoms with van der Waals surface area (Å²) in [5.74, 6) is 0.454. The van der Waals surface area contributed by atoms with E-state index in [0.29, 0.717) is 5.92 Å². The van der Waals surface area contributed by atoms with Gasteiger partial charge in [0.2, 0.25) is 0 Å². The van der Waals surface area contributed by atoms with Gasteiger partial charge in [0.15, 0.2) is 0 Å². The Hall–Kier alpha value is -1.51. The van der Waals surface area contributed by atoms with Crippen LogP contribution in [0.4, 0.5) is 5.69 Å². The minimum absolute atomic E-state index is 0.0146. The first-order valence-corrected chi connectivity index (χ1v) is 7.11. The van der Waals surface area contributed by atoms with Gasteiger partial charge in [0.25, 0.3) is 5.91 Å². The number of benzene rings is 1. The maximum absolute atomic E-state index is 12.2. The van der Waals surface area contributed by atoms with E-state index in [1.807, 2.05) is 32.0 Å². The van der Waals surface area contributed by atoms with Crippen molar-refractivity contribution in [2.45, 2.75) is 47.1 Å². The highest BCUT2D eigenvalue weighted by molar-refractivity contribution is 5.96. The molecule has 0 saturated carbocycles. The first kappa shape index (κ1) is 15.5. The number of rotatable bonds is 6. The average Bonchev–Trinajstić information content (AvgIpc) is 2.35. The smallest absolute Gasteiger partial charge is 0.251 e. The molecule has 0 heterocycles. The molecule has 0 bridgehead atoms. The summed E-state index contributed by atoms with van der Waals surface area (Å²) in [6, 6.07) is 6.09. The SMILES string of the molecule is CCCNc1ccc(C(=O)NC(C)C(C)C)c(C)c1. The molecule has 0 aliphatic heterocycles. The lowest BCUT2D eigenvalue weighted by atomic mass is 10.0. The molecule has 0 aromatic heterocycles. The average molecular weight is 262 g/mol. The first-order valence-electron chi connectivity index (χ1n) is 7.11. The van der Waals surface area contributed by atoms with Gasteiger partial charge >= 0.3 is 0 Å². The van der Waals surface area contributed by atoms with E-state index >= 15 is 0 Å². The summed E-state index contributed by atoms with van der Waals surface area (Å²) in [6.07, 6.45) is 1.09. The van der Waals surface area contributed by atoms with Crippen molar-refractivity contribution in [3.05, 3.63) is 29.3 Å². The number of nitrogens with one attached hydrogen (secondary N) is 2. The van der Waals surface area contributed by atoms with Gasteiger partial charge in [-0.2, -0.15) is 0 Å². The monoisotopic (exact) mass is 262 g/mol. The molecule has 0 saturated heterocycles. The Morgan fingerprint density at radius 2 is 1.95 bits per heavy atom. The fourth-order valence-corrected chi connectivity index (χ4v) is 1.75. The van der Waals surface area contributed by atoms with Crippen molar-refractivity contribution in [3.8, 4) is 0 Å². The van der Waals surface area contributed by atoms with Gasteiger partial charge < -0.3 is 10.6 Å². The van der Waals surface area contributed by atoms with Crippen LogP contribution in [0.2, 0.25) is 0 Å². The Bertz CT molecular complexity index is 427. The normalized spacial score (nSPS) is 12.3. The molecule has 0 aliphatic carbocycles. The van der Waals surface area contributed by atoms with Crippen LogP contribution < -0.4 is 10.6 Å². The van der Waals surface area contributed by atoms with Crippen LogP contribution in [0.15, 0.2) is 18.2 Å². The van der Waals surface area contributed by atoms with Crippen molar-refractivity contribution in [2.75, 3.05) is 11.9 Å². The molecule has 1 rings (SSSR count). The molecule has 0 spiro atoms. The Balaban J connectivity index is 2.75. The van der Waals surface area contributed by atoms with E-state index in [2.05, 4.69) is 31.4 Å². The first-order chi connectivity index (χ1) is 8.95. The minimum Gasteiger partial charge on any atom is -0.385 e. The fraction of sp³-hybridized carbons (Fsp3) is 0.562. The fourth-order valence-electron chi connectivity index (χ4n) is 1.75. The molecular formula is C16H26N2O. The summed E-state index contributed by atoms with van der Waals surface area (Å²) in [7, 11) is 0. The van der Waals surface area contributed by atoms with Crippen molar-refractivity contribution in [2.24, 2.45) is 5.92 Å². The highest BCUT2D eigenvalue weighted by Gasteiger charge is 2.14. The number of amides is 1. The third kappa shape index (κ3) is 4.58. The standard InChI is InChI=1S/C16H26N2O/c1-6-9-17-14-7-8-15(12(4)10-14)16(19)18-13(5)11(2)3/h7-8,10-11,13,17H,6,9H2,1-5H3,(H,18,19). The molecule has 2 N–H and O–H groups in total. The molecule has 1 atom stereocenters. The van der Waals surface area contributed by atoms with E-state index in [0.717, 1.165) is 29.8 Å². The quantitative estimate of drug-likeness (QED) is 0.822. The summed E-state index contributed by atoms with van der Waals surface area (Å²) in [6.45, 7) is 11.3. The number of hydrogen-bond acceptors (Lipinski definition) is 2. The molecule has 1 aromatic carbocycles. The van der Waals surface area contributed by atoms with Crippen LogP contribution in [-0.2, 0) is 0 Å². The molecule has 0 radical (unpaired) electrons. The second-order valence-corrected chi connectivity index (χ2v) is 5.46. The largest absolute Gasteiger partial charge is 0.385 e. The number of aryl methyl sites for hydroxylation is 1. The topological polar surface area (TPSA) is 41.1 Å². The van der Waals surface area contributed by atoms with Gasteiger partial charge in [-0.25, -0.2) is 0 Å². The summed E-state index contributed by atoms with van der Waals surface area (Å²) in [5.41, 5.74) is 2.84. The van der Waals surface area contributed by atoms with Crippen LogP contribution in [0.25, 0.3) is 0 Å². The number of hydrogen-bond donors (Lipinski definition) is 2. The van der Waals surface area contributed by atoms with Crippen molar-refractivity contribution in [1.82, 2.24) is 5.32 Å². The summed E-state index contributed by atoms with van der Waals surface area (Å²) in [4.78, 5) is 12.2. The zero-order valence-corrected chi connectivity index (χ0v) is 12.7. The lowest BCUT2D eigenvalue weighted by Crippen LogP contribution is -2.36. The van der Waals surface area contributed by atoms with Crippen LogP contribution in [0.1, 0.15) is 50.0 Å². The van der Waals surface area contributed by atoms with Crippen LogP contribution in [-0.4, -0.2) is 18.5 Å². The van der Waals surface area contributed by atoms with Gasteiger partial charge in [0.05, 0.1) is 0 Å². The molecule has 0 fully saturated rings. The van der Waals surface area contributed by atoms with Gasteiger partial charge in [-0.05, 0) is 49.9 Å². The van der Waals surface area contributed by atoms with Crippen LogP contribution >= 0.6 is 0 Å². The Labute approximate surface area is 116 Å². The van der Waals surface area contributed by atoms with Crippen molar-refractivity contribution in [1.29, 1.82) is 0 Å². The molecule has 1 amide bonds. The number of carbonyl (C=O) groups excluding carboxylic acids is 1. The second kappa shape index (κ2) is 7.17. The number of anilines is 1. The summed E-state index contributed by atoms with van der Waals surface area (Å²) in [5, 5.41) is 6.37. The molecule has 3 heteroatoms. The lowest BCUT2D eigenvalue weighted by Gasteiger charge is -2.18. The third-order valence-corrected chi connectivity index (χ3v) is 3.41. The predicted molar refractivity (Wildman–Crippen MR) is 81.7 cm³/mol. The summed E-state index contributed by atoms with van der Waals surface area (Å²) < 4.78 is 0. The molecule has 1 unspecified atom stereocenters. The van der Waals surface area contributed by atoms with E-state index in [9.17, 15) is 4.79 Å². The lowest BCUT2D eigenvalue weighted by molar-refractivity contribution is 0.0930. The number of carbonyl (C=O) groups is 1. The predicted octanol–water partition coefficient (Wildman–Crippen LogP) is 3.59. The molecule has 19 heavy (non-hydrogen) atoms. The van der Waals surface area contributed by atoms with E-state index in [1.165, 1.54) is 0 Å². The minimum atomic E-state index is 0.0146.